The molecule has 0 aliphatic rings. The molecule has 0 bridgehead atoms. The molecule has 0 spiro atoms. The van der Waals surface area contributed by atoms with Crippen molar-refractivity contribution in [1.29, 1.82) is 0 Å². The molecular formula is C24H17F4N7O. The number of amides is 1. The lowest BCUT2D eigenvalue weighted by molar-refractivity contribution is -0.143. The van der Waals surface area contributed by atoms with Gasteiger partial charge in [-0.05, 0) is 43.2 Å². The minimum absolute atomic E-state index is 0.0301. The second-order valence-electron chi connectivity index (χ2n) is 8.04. The van der Waals surface area contributed by atoms with E-state index in [2.05, 4.69) is 25.6 Å². The molecule has 1 N–H and O–H groups in total. The van der Waals surface area contributed by atoms with Crippen LogP contribution in [0.2, 0.25) is 0 Å². The van der Waals surface area contributed by atoms with E-state index in [0.717, 1.165) is 12.4 Å². The number of anilines is 1. The van der Waals surface area contributed by atoms with Gasteiger partial charge in [-0.15, -0.1) is 0 Å². The molecule has 0 atom stereocenters. The summed E-state index contributed by atoms with van der Waals surface area (Å²) in [5.41, 5.74) is 0.175. The molecular weight excluding hydrogens is 478 g/mol. The number of benzene rings is 2. The van der Waals surface area contributed by atoms with Crippen LogP contribution in [0.4, 0.5) is 23.2 Å². The van der Waals surface area contributed by atoms with Crippen molar-refractivity contribution in [2.45, 2.75) is 20.0 Å². The van der Waals surface area contributed by atoms with Gasteiger partial charge >= 0.3 is 6.18 Å². The average molecular weight is 495 g/mol. The predicted molar refractivity (Wildman–Crippen MR) is 123 cm³/mol. The Kier molecular flexibility index (Phi) is 5.50. The molecule has 5 rings (SSSR count). The zero-order chi connectivity index (χ0) is 25.6. The second kappa shape index (κ2) is 8.56. The molecule has 3 heterocycles. The SMILES string of the molecule is Cc1cc(-n2nccn2)c(C)cc1NC(=O)c1cnn(-c2cncc3c(F)cccc23)c1C(F)(F)F. The van der Waals surface area contributed by atoms with Crippen LogP contribution < -0.4 is 5.32 Å². The first-order valence-electron chi connectivity index (χ1n) is 10.6. The monoisotopic (exact) mass is 495 g/mol. The fourth-order valence-electron chi connectivity index (χ4n) is 3.96. The molecule has 0 saturated heterocycles. The molecule has 0 fully saturated rings. The molecule has 0 unspecified atom stereocenters. The summed E-state index contributed by atoms with van der Waals surface area (Å²) in [6.45, 7) is 3.46. The minimum atomic E-state index is -4.95. The van der Waals surface area contributed by atoms with Crippen LogP contribution in [0.25, 0.3) is 22.1 Å². The fraction of sp³-hybridized carbons (Fsp3) is 0.125. The topological polar surface area (TPSA) is 90.5 Å². The Labute approximate surface area is 201 Å². The van der Waals surface area contributed by atoms with Crippen molar-refractivity contribution in [1.82, 2.24) is 29.8 Å². The molecule has 0 saturated carbocycles. The number of hydrogen-bond donors (Lipinski definition) is 1. The molecule has 0 aliphatic heterocycles. The molecule has 0 aliphatic carbocycles. The fourth-order valence-corrected chi connectivity index (χ4v) is 3.96. The number of pyridine rings is 1. The quantitative estimate of drug-likeness (QED) is 0.353. The van der Waals surface area contributed by atoms with Crippen LogP contribution in [-0.2, 0) is 6.18 Å². The van der Waals surface area contributed by atoms with Gasteiger partial charge in [-0.3, -0.25) is 9.78 Å². The number of rotatable bonds is 4. The predicted octanol–water partition coefficient (Wildman–Crippen LogP) is 5.03. The van der Waals surface area contributed by atoms with Gasteiger partial charge in [0.15, 0.2) is 5.69 Å². The first-order valence-corrected chi connectivity index (χ1v) is 10.6. The summed E-state index contributed by atoms with van der Waals surface area (Å²) in [7, 11) is 0. The van der Waals surface area contributed by atoms with Crippen LogP contribution in [0.3, 0.4) is 0 Å². The summed E-state index contributed by atoms with van der Waals surface area (Å²) in [4.78, 5) is 18.3. The lowest BCUT2D eigenvalue weighted by Gasteiger charge is -2.15. The Balaban J connectivity index is 1.57. The van der Waals surface area contributed by atoms with Crippen molar-refractivity contribution in [3.8, 4) is 11.4 Å². The van der Waals surface area contributed by atoms with Crippen molar-refractivity contribution in [3.05, 3.63) is 89.5 Å². The normalized spacial score (nSPS) is 11.7. The van der Waals surface area contributed by atoms with Gasteiger partial charge in [0.1, 0.15) is 5.82 Å². The third-order valence-corrected chi connectivity index (χ3v) is 5.67. The Hall–Kier alpha value is -4.61. The third-order valence-electron chi connectivity index (χ3n) is 5.67. The number of nitrogens with one attached hydrogen (secondary N) is 1. The minimum Gasteiger partial charge on any atom is -0.322 e. The summed E-state index contributed by atoms with van der Waals surface area (Å²) in [6, 6.07) is 7.35. The van der Waals surface area contributed by atoms with Crippen molar-refractivity contribution < 1.29 is 22.4 Å². The van der Waals surface area contributed by atoms with Crippen molar-refractivity contribution in [2.75, 3.05) is 5.32 Å². The van der Waals surface area contributed by atoms with E-state index < -0.39 is 29.2 Å². The number of nitrogens with zero attached hydrogens (tertiary/aromatic N) is 6. The summed E-state index contributed by atoms with van der Waals surface area (Å²) in [5, 5.41) is 14.7. The molecule has 0 radical (unpaired) electrons. The van der Waals surface area contributed by atoms with Crippen LogP contribution in [0.15, 0.2) is 61.3 Å². The highest BCUT2D eigenvalue weighted by molar-refractivity contribution is 6.05. The molecule has 2 aromatic carbocycles. The number of aromatic nitrogens is 6. The maximum absolute atomic E-state index is 14.2. The van der Waals surface area contributed by atoms with Crippen molar-refractivity contribution >= 4 is 22.4 Å². The zero-order valence-corrected chi connectivity index (χ0v) is 18.9. The molecule has 182 valence electrons. The van der Waals surface area contributed by atoms with Gasteiger partial charge in [-0.25, -0.2) is 9.07 Å². The molecule has 8 nitrogen and oxygen atoms in total. The number of aryl methyl sites for hydroxylation is 2. The molecule has 12 heteroatoms. The summed E-state index contributed by atoms with van der Waals surface area (Å²) >= 11 is 0. The van der Waals surface area contributed by atoms with Gasteiger partial charge in [-0.2, -0.15) is 33.3 Å². The Morgan fingerprint density at radius 3 is 2.39 bits per heavy atom. The van der Waals surface area contributed by atoms with Gasteiger partial charge in [0.05, 0.1) is 41.7 Å². The van der Waals surface area contributed by atoms with E-state index in [-0.39, 0.29) is 16.5 Å². The summed E-state index contributed by atoms with van der Waals surface area (Å²) in [5.74, 6) is -1.64. The highest BCUT2D eigenvalue weighted by Gasteiger charge is 2.41. The second-order valence-corrected chi connectivity index (χ2v) is 8.04. The number of halogens is 4. The van der Waals surface area contributed by atoms with E-state index in [1.807, 2.05) is 0 Å². The van der Waals surface area contributed by atoms with Crippen molar-refractivity contribution in [3.63, 3.8) is 0 Å². The first kappa shape index (κ1) is 23.1. The van der Waals surface area contributed by atoms with E-state index in [1.54, 1.807) is 26.0 Å². The molecule has 3 aromatic heterocycles. The average Bonchev–Trinajstić information content (AvgIpc) is 3.51. The van der Waals surface area contributed by atoms with E-state index >= 15 is 0 Å². The molecule has 1 amide bonds. The van der Waals surface area contributed by atoms with Crippen LogP contribution in [0, 0.1) is 19.7 Å². The van der Waals surface area contributed by atoms with E-state index in [4.69, 9.17) is 0 Å². The number of carbonyl (C=O) groups excluding carboxylic acids is 1. The maximum Gasteiger partial charge on any atom is 0.434 e. The number of fused-ring (bicyclic) bond motifs is 1. The summed E-state index contributed by atoms with van der Waals surface area (Å²) in [6.07, 6.45) is 1.27. The van der Waals surface area contributed by atoms with Crippen LogP contribution in [0.5, 0.6) is 0 Å². The Bertz CT molecular complexity index is 1610. The van der Waals surface area contributed by atoms with E-state index in [1.165, 1.54) is 41.6 Å². The zero-order valence-electron chi connectivity index (χ0n) is 18.9. The van der Waals surface area contributed by atoms with Crippen LogP contribution >= 0.6 is 0 Å². The standard InChI is InChI=1S/C24H17F4N7O/c1-13-9-20(35-30-6-7-31-35)14(2)8-19(13)33-23(36)17-11-32-34(22(17)24(26,27)28)21-12-29-10-16-15(21)4-3-5-18(16)25/h3-12H,1-2H3,(H,33,36). The molecule has 5 aromatic rings. The maximum atomic E-state index is 14.2. The van der Waals surface area contributed by atoms with Gasteiger partial charge in [0.2, 0.25) is 0 Å². The number of alkyl halides is 3. The summed E-state index contributed by atoms with van der Waals surface area (Å²) < 4.78 is 57.4. The van der Waals surface area contributed by atoms with Crippen molar-refractivity contribution in [2.24, 2.45) is 0 Å². The smallest absolute Gasteiger partial charge is 0.322 e. The lowest BCUT2D eigenvalue weighted by Crippen LogP contribution is -2.21. The van der Waals surface area contributed by atoms with E-state index in [9.17, 15) is 22.4 Å². The van der Waals surface area contributed by atoms with Crippen LogP contribution in [-0.4, -0.2) is 35.7 Å². The first-order chi connectivity index (χ1) is 17.1. The highest BCUT2D eigenvalue weighted by atomic mass is 19.4. The van der Waals surface area contributed by atoms with Gasteiger partial charge < -0.3 is 5.32 Å². The Morgan fingerprint density at radius 2 is 1.67 bits per heavy atom. The van der Waals surface area contributed by atoms with Gasteiger partial charge in [0, 0.05) is 22.7 Å². The number of carbonyl (C=O) groups is 1. The number of hydrogen-bond acceptors (Lipinski definition) is 5. The molecule has 36 heavy (non-hydrogen) atoms. The third kappa shape index (κ3) is 3.96. The van der Waals surface area contributed by atoms with Gasteiger partial charge in [-0.1, -0.05) is 12.1 Å². The lowest BCUT2D eigenvalue weighted by atomic mass is 10.1. The van der Waals surface area contributed by atoms with Crippen LogP contribution in [0.1, 0.15) is 27.2 Å². The Morgan fingerprint density at radius 1 is 0.917 bits per heavy atom. The largest absolute Gasteiger partial charge is 0.434 e. The highest BCUT2D eigenvalue weighted by Crippen LogP contribution is 2.36. The van der Waals surface area contributed by atoms with Gasteiger partial charge in [0.25, 0.3) is 5.91 Å². The van der Waals surface area contributed by atoms with E-state index in [0.29, 0.717) is 27.2 Å².